The Morgan fingerprint density at radius 1 is 1.53 bits per heavy atom. The third-order valence-corrected chi connectivity index (χ3v) is 3.46. The number of nitrogens with one attached hydrogen (secondary N) is 1. The molecule has 1 saturated carbocycles. The number of carbonyl (C=O) groups is 2. The quantitative estimate of drug-likeness (QED) is 0.793. The molecular weight excluding hydrogens is 252 g/mol. The van der Waals surface area contributed by atoms with Crippen molar-refractivity contribution >= 4 is 23.3 Å². The first kappa shape index (κ1) is 14.4. The SMILES string of the molecule is CC1CCCC(NC(=O)C(F)F)(C(=O)CCl)C1. The second-order valence-corrected chi connectivity index (χ2v) is 4.90. The molecule has 0 aromatic rings. The summed E-state index contributed by atoms with van der Waals surface area (Å²) in [6.07, 6.45) is -0.666. The molecule has 2 unspecified atom stereocenters. The summed E-state index contributed by atoms with van der Waals surface area (Å²) in [7, 11) is 0. The van der Waals surface area contributed by atoms with E-state index in [1.807, 2.05) is 6.92 Å². The summed E-state index contributed by atoms with van der Waals surface area (Å²) in [5.41, 5.74) is -1.19. The molecule has 0 spiro atoms. The molecule has 0 radical (unpaired) electrons. The van der Waals surface area contributed by atoms with Crippen LogP contribution in [0.4, 0.5) is 8.78 Å². The van der Waals surface area contributed by atoms with Crippen LogP contribution < -0.4 is 5.32 Å². The van der Waals surface area contributed by atoms with Crippen molar-refractivity contribution < 1.29 is 18.4 Å². The molecule has 0 bridgehead atoms. The van der Waals surface area contributed by atoms with Crippen molar-refractivity contribution in [1.29, 1.82) is 0 Å². The molecule has 0 aromatic carbocycles. The largest absolute Gasteiger partial charge is 0.339 e. The van der Waals surface area contributed by atoms with Gasteiger partial charge in [0, 0.05) is 0 Å². The Kier molecular flexibility index (Phi) is 4.86. The zero-order chi connectivity index (χ0) is 13.1. The van der Waals surface area contributed by atoms with E-state index in [0.717, 1.165) is 12.8 Å². The molecule has 2 atom stereocenters. The van der Waals surface area contributed by atoms with Gasteiger partial charge in [-0.15, -0.1) is 11.6 Å². The Balaban J connectivity index is 2.86. The summed E-state index contributed by atoms with van der Waals surface area (Å²) < 4.78 is 24.5. The van der Waals surface area contributed by atoms with E-state index in [0.29, 0.717) is 12.8 Å². The molecule has 17 heavy (non-hydrogen) atoms. The van der Waals surface area contributed by atoms with Gasteiger partial charge in [0.05, 0.1) is 5.88 Å². The fraction of sp³-hybridized carbons (Fsp3) is 0.818. The Bertz CT molecular complexity index is 312. The fourth-order valence-corrected chi connectivity index (χ4v) is 2.66. The van der Waals surface area contributed by atoms with Crippen molar-refractivity contribution in [3.63, 3.8) is 0 Å². The lowest BCUT2D eigenvalue weighted by atomic mass is 9.74. The monoisotopic (exact) mass is 267 g/mol. The highest BCUT2D eigenvalue weighted by Crippen LogP contribution is 2.33. The first-order valence-corrected chi connectivity index (χ1v) is 6.14. The minimum absolute atomic E-state index is 0.217. The van der Waals surface area contributed by atoms with E-state index in [1.54, 1.807) is 0 Å². The Morgan fingerprint density at radius 2 is 2.18 bits per heavy atom. The van der Waals surface area contributed by atoms with E-state index in [4.69, 9.17) is 11.6 Å². The van der Waals surface area contributed by atoms with E-state index in [-0.39, 0.29) is 17.6 Å². The number of halogens is 3. The Morgan fingerprint density at radius 3 is 2.65 bits per heavy atom. The summed E-state index contributed by atoms with van der Waals surface area (Å²) in [4.78, 5) is 22.9. The molecule has 1 aliphatic carbocycles. The van der Waals surface area contributed by atoms with Crippen LogP contribution in [0.2, 0.25) is 0 Å². The lowest BCUT2D eigenvalue weighted by Crippen LogP contribution is -2.58. The van der Waals surface area contributed by atoms with Crippen molar-refractivity contribution in [3.8, 4) is 0 Å². The zero-order valence-corrected chi connectivity index (χ0v) is 10.4. The van der Waals surface area contributed by atoms with E-state index in [1.165, 1.54) is 0 Å². The second-order valence-electron chi connectivity index (χ2n) is 4.63. The van der Waals surface area contributed by atoms with Gasteiger partial charge < -0.3 is 5.32 Å². The highest BCUT2D eigenvalue weighted by atomic mass is 35.5. The third kappa shape index (κ3) is 3.37. The van der Waals surface area contributed by atoms with Gasteiger partial charge in [-0.3, -0.25) is 9.59 Å². The number of ketones is 1. The molecule has 0 heterocycles. The molecule has 0 aromatic heterocycles. The van der Waals surface area contributed by atoms with Crippen LogP contribution in [0, 0.1) is 5.92 Å². The summed E-state index contributed by atoms with van der Waals surface area (Å²) in [5.74, 6) is -1.82. The van der Waals surface area contributed by atoms with E-state index in [9.17, 15) is 18.4 Å². The number of amides is 1. The molecule has 1 fully saturated rings. The molecule has 1 aliphatic rings. The maximum absolute atomic E-state index is 12.3. The smallest absolute Gasteiger partial charge is 0.315 e. The molecule has 1 N–H and O–H groups in total. The third-order valence-electron chi connectivity index (χ3n) is 3.21. The number of hydrogen-bond donors (Lipinski definition) is 1. The van der Waals surface area contributed by atoms with Gasteiger partial charge in [-0.2, -0.15) is 8.78 Å². The van der Waals surface area contributed by atoms with E-state index < -0.39 is 17.9 Å². The molecule has 0 saturated heterocycles. The number of alkyl halides is 3. The van der Waals surface area contributed by atoms with Gasteiger partial charge >= 0.3 is 6.43 Å². The number of Topliss-reactive ketones (excluding diaryl/α,β-unsaturated/α-hetero) is 1. The average molecular weight is 268 g/mol. The van der Waals surface area contributed by atoms with Crippen molar-refractivity contribution in [2.75, 3.05) is 5.88 Å². The van der Waals surface area contributed by atoms with Gasteiger partial charge in [0.25, 0.3) is 5.91 Å². The summed E-state index contributed by atoms with van der Waals surface area (Å²) in [6, 6.07) is 0. The van der Waals surface area contributed by atoms with Gasteiger partial charge in [0.15, 0.2) is 5.78 Å². The molecule has 98 valence electrons. The number of carbonyl (C=O) groups excluding carboxylic acids is 2. The summed E-state index contributed by atoms with van der Waals surface area (Å²) in [5, 5.41) is 2.19. The summed E-state index contributed by atoms with van der Waals surface area (Å²) >= 11 is 5.50. The van der Waals surface area contributed by atoms with Crippen LogP contribution in [0.25, 0.3) is 0 Å². The highest BCUT2D eigenvalue weighted by molar-refractivity contribution is 6.29. The maximum atomic E-state index is 12.3. The first-order valence-electron chi connectivity index (χ1n) is 5.61. The van der Waals surface area contributed by atoms with Crippen molar-refractivity contribution in [3.05, 3.63) is 0 Å². The van der Waals surface area contributed by atoms with E-state index in [2.05, 4.69) is 5.32 Å². The maximum Gasteiger partial charge on any atom is 0.315 e. The van der Waals surface area contributed by atoms with Gasteiger partial charge in [-0.1, -0.05) is 19.8 Å². The van der Waals surface area contributed by atoms with Crippen molar-refractivity contribution in [2.45, 2.75) is 44.6 Å². The van der Waals surface area contributed by atoms with Gasteiger partial charge in [-0.25, -0.2) is 0 Å². The minimum Gasteiger partial charge on any atom is -0.339 e. The van der Waals surface area contributed by atoms with Crippen LogP contribution in [0.3, 0.4) is 0 Å². The summed E-state index contributed by atoms with van der Waals surface area (Å²) in [6.45, 7) is 1.93. The Hall–Kier alpha value is -0.710. The van der Waals surface area contributed by atoms with Crippen molar-refractivity contribution in [2.24, 2.45) is 5.92 Å². The van der Waals surface area contributed by atoms with Crippen LogP contribution in [-0.4, -0.2) is 29.5 Å². The standard InChI is InChI=1S/C11H16ClF2NO2/c1-7-3-2-4-11(5-7,8(16)6-12)15-10(17)9(13)14/h7,9H,2-6H2,1H3,(H,15,17). The Labute approximate surface area is 104 Å². The van der Waals surface area contributed by atoms with Crippen LogP contribution in [0.5, 0.6) is 0 Å². The fourth-order valence-electron chi connectivity index (χ4n) is 2.41. The first-order chi connectivity index (χ1) is 7.91. The van der Waals surface area contributed by atoms with Gasteiger partial charge in [0.1, 0.15) is 5.54 Å². The lowest BCUT2D eigenvalue weighted by molar-refractivity contribution is -0.139. The van der Waals surface area contributed by atoms with Crippen LogP contribution in [-0.2, 0) is 9.59 Å². The minimum atomic E-state index is -3.10. The van der Waals surface area contributed by atoms with Crippen molar-refractivity contribution in [1.82, 2.24) is 5.32 Å². The second kappa shape index (κ2) is 5.76. The molecule has 1 amide bonds. The van der Waals surface area contributed by atoms with Crippen LogP contribution >= 0.6 is 11.6 Å². The van der Waals surface area contributed by atoms with Crippen LogP contribution in [0.1, 0.15) is 32.6 Å². The normalized spacial score (nSPS) is 29.1. The molecule has 3 nitrogen and oxygen atoms in total. The highest BCUT2D eigenvalue weighted by Gasteiger charge is 2.43. The van der Waals surface area contributed by atoms with Gasteiger partial charge in [0.2, 0.25) is 0 Å². The average Bonchev–Trinajstić information content (AvgIpc) is 2.27. The number of rotatable bonds is 4. The van der Waals surface area contributed by atoms with E-state index >= 15 is 0 Å². The number of hydrogen-bond acceptors (Lipinski definition) is 2. The predicted molar refractivity (Wildman–Crippen MR) is 60.2 cm³/mol. The molecular formula is C11H16ClF2NO2. The zero-order valence-electron chi connectivity index (χ0n) is 9.64. The van der Waals surface area contributed by atoms with Crippen LogP contribution in [0.15, 0.2) is 0 Å². The molecule has 1 rings (SSSR count). The molecule has 0 aliphatic heterocycles. The predicted octanol–water partition coefficient (Wildman–Crippen LogP) is 2.12. The topological polar surface area (TPSA) is 46.2 Å². The molecule has 6 heteroatoms. The van der Waals surface area contributed by atoms with Gasteiger partial charge in [-0.05, 0) is 18.8 Å². The lowest BCUT2D eigenvalue weighted by Gasteiger charge is -2.39.